The Bertz CT molecular complexity index is 565. The number of halogens is 2. The van der Waals surface area contributed by atoms with E-state index in [2.05, 4.69) is 5.10 Å². The Morgan fingerprint density at radius 3 is 2.82 bits per heavy atom. The Labute approximate surface area is 103 Å². The van der Waals surface area contributed by atoms with Crippen LogP contribution in [0.25, 0.3) is 0 Å². The van der Waals surface area contributed by atoms with E-state index in [-0.39, 0.29) is 12.2 Å². The van der Waals surface area contributed by atoms with Gasteiger partial charge in [0.1, 0.15) is 11.5 Å². The molecular formula is C12H10ClFN2O. The molecule has 2 rings (SSSR count). The molecule has 0 saturated carbocycles. The topological polar surface area (TPSA) is 34.9 Å². The summed E-state index contributed by atoms with van der Waals surface area (Å²) < 4.78 is 15.0. The highest BCUT2D eigenvalue weighted by Crippen LogP contribution is 2.16. The molecule has 0 bridgehead atoms. The van der Waals surface area contributed by atoms with Crippen molar-refractivity contribution in [1.29, 1.82) is 0 Å². The van der Waals surface area contributed by atoms with Gasteiger partial charge in [-0.25, -0.2) is 4.39 Å². The normalized spacial score (nSPS) is 10.5. The summed E-state index contributed by atoms with van der Waals surface area (Å²) in [6, 6.07) is 5.88. The van der Waals surface area contributed by atoms with Gasteiger partial charge in [0.2, 0.25) is 0 Å². The van der Waals surface area contributed by atoms with Crippen molar-refractivity contribution in [2.45, 2.75) is 6.42 Å². The van der Waals surface area contributed by atoms with Crippen molar-refractivity contribution >= 4 is 17.4 Å². The number of aromatic nitrogens is 2. The molecule has 0 saturated heterocycles. The van der Waals surface area contributed by atoms with Crippen LogP contribution < -0.4 is 0 Å². The molecule has 0 aliphatic carbocycles. The molecule has 0 N–H and O–H groups in total. The molecule has 0 atom stereocenters. The monoisotopic (exact) mass is 252 g/mol. The Morgan fingerprint density at radius 1 is 1.47 bits per heavy atom. The van der Waals surface area contributed by atoms with Gasteiger partial charge < -0.3 is 0 Å². The fraction of sp³-hybridized carbons (Fsp3) is 0.167. The number of aryl methyl sites for hydroxylation is 1. The lowest BCUT2D eigenvalue weighted by molar-refractivity contribution is 0.0986. The molecule has 17 heavy (non-hydrogen) atoms. The summed E-state index contributed by atoms with van der Waals surface area (Å²) in [7, 11) is 1.72. The van der Waals surface area contributed by atoms with E-state index in [1.165, 1.54) is 16.8 Å². The van der Waals surface area contributed by atoms with Crippen LogP contribution in [0.1, 0.15) is 16.1 Å². The van der Waals surface area contributed by atoms with E-state index in [4.69, 9.17) is 11.6 Å². The van der Waals surface area contributed by atoms with Gasteiger partial charge in [-0.3, -0.25) is 9.48 Å². The van der Waals surface area contributed by atoms with Crippen LogP contribution in [0, 0.1) is 5.82 Å². The third-order valence-corrected chi connectivity index (χ3v) is 2.60. The second-order valence-corrected chi connectivity index (χ2v) is 4.15. The molecule has 3 nitrogen and oxygen atoms in total. The van der Waals surface area contributed by atoms with Crippen LogP contribution in [-0.4, -0.2) is 15.6 Å². The molecule has 5 heteroatoms. The maximum atomic E-state index is 13.5. The number of nitrogens with zero attached hydrogens (tertiary/aromatic N) is 2. The number of carbonyl (C=O) groups excluding carboxylic acids is 1. The quantitative estimate of drug-likeness (QED) is 0.787. The lowest BCUT2D eigenvalue weighted by Gasteiger charge is -2.01. The maximum absolute atomic E-state index is 13.5. The fourth-order valence-corrected chi connectivity index (χ4v) is 1.65. The predicted octanol–water partition coefficient (Wildman–Crippen LogP) is 2.64. The van der Waals surface area contributed by atoms with Crippen LogP contribution in [0.2, 0.25) is 5.02 Å². The van der Waals surface area contributed by atoms with E-state index in [1.54, 1.807) is 25.4 Å². The number of hydrogen-bond acceptors (Lipinski definition) is 2. The number of hydrogen-bond donors (Lipinski definition) is 0. The van der Waals surface area contributed by atoms with Crippen LogP contribution in [0.4, 0.5) is 4.39 Å². The third kappa shape index (κ3) is 2.71. The van der Waals surface area contributed by atoms with Crippen molar-refractivity contribution in [2.24, 2.45) is 7.05 Å². The molecular weight excluding hydrogens is 243 g/mol. The van der Waals surface area contributed by atoms with Crippen molar-refractivity contribution in [1.82, 2.24) is 9.78 Å². The van der Waals surface area contributed by atoms with Crippen molar-refractivity contribution in [3.63, 3.8) is 0 Å². The first kappa shape index (κ1) is 11.8. The van der Waals surface area contributed by atoms with E-state index < -0.39 is 5.82 Å². The smallest absolute Gasteiger partial charge is 0.187 e. The van der Waals surface area contributed by atoms with Crippen LogP contribution in [0.3, 0.4) is 0 Å². The molecule has 0 unspecified atom stereocenters. The molecule has 0 amide bonds. The first-order valence-corrected chi connectivity index (χ1v) is 5.41. The van der Waals surface area contributed by atoms with Crippen molar-refractivity contribution in [3.8, 4) is 0 Å². The van der Waals surface area contributed by atoms with E-state index >= 15 is 0 Å². The zero-order valence-corrected chi connectivity index (χ0v) is 9.91. The largest absolute Gasteiger partial charge is 0.292 e. The zero-order chi connectivity index (χ0) is 12.4. The zero-order valence-electron chi connectivity index (χ0n) is 9.15. The van der Waals surface area contributed by atoms with Crippen LogP contribution in [0.5, 0.6) is 0 Å². The average molecular weight is 253 g/mol. The Morgan fingerprint density at radius 2 is 2.24 bits per heavy atom. The van der Waals surface area contributed by atoms with Gasteiger partial charge >= 0.3 is 0 Å². The molecule has 1 aromatic heterocycles. The summed E-state index contributed by atoms with van der Waals surface area (Å²) in [5, 5.41) is 4.29. The Balaban J connectivity index is 2.18. The number of rotatable bonds is 3. The lowest BCUT2D eigenvalue weighted by Crippen LogP contribution is -2.06. The minimum atomic E-state index is -0.471. The Kier molecular flexibility index (Phi) is 3.24. The van der Waals surface area contributed by atoms with Crippen LogP contribution in [0.15, 0.2) is 30.5 Å². The number of Topliss-reactive ketones (excluding diaryl/α,β-unsaturated/α-hetero) is 1. The van der Waals surface area contributed by atoms with Gasteiger partial charge in [0.25, 0.3) is 0 Å². The lowest BCUT2D eigenvalue weighted by atomic mass is 10.1. The molecule has 0 radical (unpaired) electrons. The number of benzene rings is 1. The highest BCUT2D eigenvalue weighted by molar-refractivity contribution is 6.30. The predicted molar refractivity (Wildman–Crippen MR) is 62.7 cm³/mol. The van der Waals surface area contributed by atoms with Gasteiger partial charge in [0.05, 0.1) is 0 Å². The maximum Gasteiger partial charge on any atom is 0.187 e. The van der Waals surface area contributed by atoms with E-state index in [0.29, 0.717) is 16.3 Å². The molecule has 0 spiro atoms. The van der Waals surface area contributed by atoms with E-state index in [0.717, 1.165) is 0 Å². The highest BCUT2D eigenvalue weighted by atomic mass is 35.5. The van der Waals surface area contributed by atoms with E-state index in [9.17, 15) is 9.18 Å². The van der Waals surface area contributed by atoms with Gasteiger partial charge in [-0.2, -0.15) is 5.10 Å². The molecule has 0 fully saturated rings. The first-order valence-electron chi connectivity index (χ1n) is 5.03. The van der Waals surface area contributed by atoms with Crippen molar-refractivity contribution in [3.05, 3.63) is 52.6 Å². The first-order chi connectivity index (χ1) is 8.06. The Hall–Kier alpha value is -1.68. The highest BCUT2D eigenvalue weighted by Gasteiger charge is 2.12. The second-order valence-electron chi connectivity index (χ2n) is 3.71. The minimum Gasteiger partial charge on any atom is -0.292 e. The van der Waals surface area contributed by atoms with Gasteiger partial charge in [0.15, 0.2) is 5.78 Å². The van der Waals surface area contributed by atoms with Gasteiger partial charge in [-0.05, 0) is 23.8 Å². The molecule has 2 aromatic rings. The molecule has 1 aromatic carbocycles. The van der Waals surface area contributed by atoms with Gasteiger partial charge in [-0.1, -0.05) is 17.7 Å². The standard InChI is InChI=1S/C12H10ClFN2O/c1-16-5-4-11(15-16)12(17)6-8-2-3-9(13)7-10(8)14/h2-5,7H,6H2,1H3. The molecule has 1 heterocycles. The summed E-state index contributed by atoms with van der Waals surface area (Å²) in [4.78, 5) is 11.8. The SMILES string of the molecule is Cn1ccc(C(=O)Cc2ccc(Cl)cc2F)n1. The summed E-state index contributed by atoms with van der Waals surface area (Å²) in [5.74, 6) is -0.686. The van der Waals surface area contributed by atoms with E-state index in [1.807, 2.05) is 0 Å². The molecule has 0 aliphatic heterocycles. The summed E-state index contributed by atoms with van der Waals surface area (Å²) in [5.41, 5.74) is 0.659. The second kappa shape index (κ2) is 4.67. The number of carbonyl (C=O) groups is 1. The molecule has 0 aliphatic rings. The minimum absolute atomic E-state index is 0.0139. The van der Waals surface area contributed by atoms with Crippen molar-refractivity contribution < 1.29 is 9.18 Å². The number of ketones is 1. The van der Waals surface area contributed by atoms with Crippen molar-refractivity contribution in [2.75, 3.05) is 0 Å². The summed E-state index contributed by atoms with van der Waals surface area (Å²) in [6.07, 6.45) is 1.66. The van der Waals surface area contributed by atoms with Gasteiger partial charge in [0, 0.05) is 24.7 Å². The van der Waals surface area contributed by atoms with Crippen LogP contribution >= 0.6 is 11.6 Å². The van der Waals surface area contributed by atoms with Crippen LogP contribution in [-0.2, 0) is 13.5 Å². The third-order valence-electron chi connectivity index (χ3n) is 2.37. The summed E-state index contributed by atoms with van der Waals surface area (Å²) in [6.45, 7) is 0. The average Bonchev–Trinajstić information content (AvgIpc) is 2.69. The fourth-order valence-electron chi connectivity index (χ4n) is 1.49. The summed E-state index contributed by atoms with van der Waals surface area (Å²) >= 11 is 5.63. The van der Waals surface area contributed by atoms with Gasteiger partial charge in [-0.15, -0.1) is 0 Å². The molecule has 88 valence electrons.